The maximum atomic E-state index is 5.85. The van der Waals surface area contributed by atoms with E-state index in [4.69, 9.17) is 4.74 Å². The molecule has 118 valence electrons. The summed E-state index contributed by atoms with van der Waals surface area (Å²) in [5.41, 5.74) is 3.05. The van der Waals surface area contributed by atoms with Crippen molar-refractivity contribution < 1.29 is 4.74 Å². The molecule has 2 aromatic rings. The van der Waals surface area contributed by atoms with Crippen molar-refractivity contribution in [1.82, 2.24) is 9.88 Å². The maximum absolute atomic E-state index is 5.85. The van der Waals surface area contributed by atoms with Crippen LogP contribution in [0, 0.1) is 6.92 Å². The average molecular weight is 319 g/mol. The van der Waals surface area contributed by atoms with Crippen molar-refractivity contribution in [3.05, 3.63) is 59.4 Å². The first-order valence-electron chi connectivity index (χ1n) is 7.13. The molecule has 0 spiro atoms. The Balaban J connectivity index is 0.00000242. The molecule has 22 heavy (non-hydrogen) atoms. The molecular formula is C18H23ClN2O. The number of likely N-dealkylation sites (N-methyl/N-ethyl adjacent to an activating group) is 1. The van der Waals surface area contributed by atoms with Crippen LogP contribution in [0.1, 0.15) is 17.0 Å². The van der Waals surface area contributed by atoms with Crippen LogP contribution in [0.3, 0.4) is 0 Å². The molecule has 0 bridgehead atoms. The summed E-state index contributed by atoms with van der Waals surface area (Å²) in [6.07, 6.45) is 4.06. The van der Waals surface area contributed by atoms with Crippen LogP contribution in [0.5, 0.6) is 5.75 Å². The Bertz CT molecular complexity index is 612. The monoisotopic (exact) mass is 318 g/mol. The Kier molecular flexibility index (Phi) is 7.64. The van der Waals surface area contributed by atoms with E-state index >= 15 is 0 Å². The maximum Gasteiger partial charge on any atom is 0.126 e. The molecule has 4 heteroatoms. The quantitative estimate of drug-likeness (QED) is 0.807. The first-order valence-corrected chi connectivity index (χ1v) is 7.13. The molecule has 0 aliphatic rings. The number of hydrogen-bond acceptors (Lipinski definition) is 3. The molecule has 0 fully saturated rings. The van der Waals surface area contributed by atoms with Crippen molar-refractivity contribution in [2.45, 2.75) is 6.92 Å². The average Bonchev–Trinajstić information content (AvgIpc) is 2.46. The zero-order valence-corrected chi connectivity index (χ0v) is 14.1. The van der Waals surface area contributed by atoms with Gasteiger partial charge in [0.15, 0.2) is 0 Å². The lowest BCUT2D eigenvalue weighted by molar-refractivity contribution is 0.261. The second-order valence-electron chi connectivity index (χ2n) is 5.23. The highest BCUT2D eigenvalue weighted by atomic mass is 35.5. The van der Waals surface area contributed by atoms with Crippen LogP contribution in [-0.2, 0) is 0 Å². The molecule has 0 saturated carbocycles. The summed E-state index contributed by atoms with van der Waals surface area (Å²) >= 11 is 0. The van der Waals surface area contributed by atoms with Crippen molar-refractivity contribution in [2.75, 3.05) is 27.2 Å². The number of hydrogen-bond donors (Lipinski definition) is 0. The van der Waals surface area contributed by atoms with E-state index in [-0.39, 0.29) is 12.4 Å². The van der Waals surface area contributed by atoms with Gasteiger partial charge < -0.3 is 9.64 Å². The summed E-state index contributed by atoms with van der Waals surface area (Å²) in [6, 6.07) is 14.1. The van der Waals surface area contributed by atoms with Crippen LogP contribution in [0.2, 0.25) is 0 Å². The molecular weight excluding hydrogens is 296 g/mol. The Morgan fingerprint density at radius 1 is 1.05 bits per heavy atom. The van der Waals surface area contributed by atoms with Crippen LogP contribution in [0.25, 0.3) is 12.2 Å². The van der Waals surface area contributed by atoms with E-state index in [2.05, 4.69) is 16.0 Å². The molecule has 0 amide bonds. The third-order valence-electron chi connectivity index (χ3n) is 3.06. The number of aromatic nitrogens is 1. The lowest BCUT2D eigenvalue weighted by Gasteiger charge is -2.12. The second-order valence-corrected chi connectivity index (χ2v) is 5.23. The fourth-order valence-electron chi connectivity index (χ4n) is 1.92. The number of halogens is 1. The molecule has 0 atom stereocenters. The highest BCUT2D eigenvalue weighted by molar-refractivity contribution is 5.85. The normalized spacial score (nSPS) is 10.7. The van der Waals surface area contributed by atoms with Crippen LogP contribution in [-0.4, -0.2) is 37.1 Å². The van der Waals surface area contributed by atoms with Gasteiger partial charge in [0.2, 0.25) is 0 Å². The minimum Gasteiger partial charge on any atom is -0.492 e. The molecule has 0 aliphatic heterocycles. The standard InChI is InChI=1S/C18H22N2O.ClH/c1-15-7-6-9-17(19-15)12-11-16-8-4-5-10-18(16)21-14-13-20(2)3;/h4-12H,13-14H2,1-3H3;1H. The van der Waals surface area contributed by atoms with Gasteiger partial charge in [0.05, 0.1) is 5.69 Å². The molecule has 0 unspecified atom stereocenters. The van der Waals surface area contributed by atoms with E-state index in [1.165, 1.54) is 0 Å². The highest BCUT2D eigenvalue weighted by Gasteiger charge is 2.00. The van der Waals surface area contributed by atoms with Gasteiger partial charge in [0.25, 0.3) is 0 Å². The summed E-state index contributed by atoms with van der Waals surface area (Å²) < 4.78 is 5.85. The zero-order chi connectivity index (χ0) is 15.1. The molecule has 1 heterocycles. The van der Waals surface area contributed by atoms with Crippen molar-refractivity contribution in [3.63, 3.8) is 0 Å². The van der Waals surface area contributed by atoms with Gasteiger partial charge in [-0.15, -0.1) is 12.4 Å². The molecule has 0 radical (unpaired) electrons. The Hall–Kier alpha value is -1.84. The van der Waals surface area contributed by atoms with Crippen LogP contribution >= 0.6 is 12.4 Å². The van der Waals surface area contributed by atoms with Crippen LogP contribution < -0.4 is 4.74 Å². The minimum atomic E-state index is 0. The fourth-order valence-corrected chi connectivity index (χ4v) is 1.92. The zero-order valence-electron chi connectivity index (χ0n) is 13.3. The Morgan fingerprint density at radius 3 is 2.55 bits per heavy atom. The van der Waals surface area contributed by atoms with Gasteiger partial charge in [0, 0.05) is 17.8 Å². The largest absolute Gasteiger partial charge is 0.492 e. The second kappa shape index (κ2) is 9.23. The van der Waals surface area contributed by atoms with Gasteiger partial charge in [-0.2, -0.15) is 0 Å². The molecule has 1 aromatic carbocycles. The van der Waals surface area contributed by atoms with Crippen molar-refractivity contribution in [2.24, 2.45) is 0 Å². The number of nitrogens with zero attached hydrogens (tertiary/aromatic N) is 2. The first-order chi connectivity index (χ1) is 10.1. The van der Waals surface area contributed by atoms with E-state index in [9.17, 15) is 0 Å². The molecule has 1 aromatic heterocycles. The first kappa shape index (κ1) is 18.2. The number of benzene rings is 1. The summed E-state index contributed by atoms with van der Waals surface area (Å²) in [5, 5.41) is 0. The van der Waals surface area contributed by atoms with E-state index in [0.29, 0.717) is 6.61 Å². The van der Waals surface area contributed by atoms with Gasteiger partial charge >= 0.3 is 0 Å². The van der Waals surface area contributed by atoms with Crippen LogP contribution in [0.4, 0.5) is 0 Å². The number of para-hydroxylation sites is 1. The number of rotatable bonds is 6. The lowest BCUT2D eigenvalue weighted by Crippen LogP contribution is -2.19. The highest BCUT2D eigenvalue weighted by Crippen LogP contribution is 2.20. The molecule has 0 saturated heterocycles. The Labute approximate surface area is 139 Å². The number of aryl methyl sites for hydroxylation is 1. The molecule has 0 aliphatic carbocycles. The number of ether oxygens (including phenoxy) is 1. The molecule has 3 nitrogen and oxygen atoms in total. The van der Waals surface area contributed by atoms with Crippen molar-refractivity contribution in [1.29, 1.82) is 0 Å². The smallest absolute Gasteiger partial charge is 0.126 e. The Morgan fingerprint density at radius 2 is 1.82 bits per heavy atom. The van der Waals surface area contributed by atoms with Gasteiger partial charge in [-0.1, -0.05) is 24.3 Å². The third kappa shape index (κ3) is 5.88. The van der Waals surface area contributed by atoms with E-state index in [0.717, 1.165) is 29.2 Å². The predicted molar refractivity (Wildman–Crippen MR) is 95.6 cm³/mol. The summed E-state index contributed by atoms with van der Waals surface area (Å²) in [4.78, 5) is 6.58. The van der Waals surface area contributed by atoms with E-state index < -0.39 is 0 Å². The van der Waals surface area contributed by atoms with Crippen molar-refractivity contribution in [3.8, 4) is 5.75 Å². The minimum absolute atomic E-state index is 0. The predicted octanol–water partition coefficient (Wildman–Crippen LogP) is 3.92. The van der Waals surface area contributed by atoms with E-state index in [1.54, 1.807) is 0 Å². The van der Waals surface area contributed by atoms with Gasteiger partial charge in [-0.3, -0.25) is 4.98 Å². The fraction of sp³-hybridized carbons (Fsp3) is 0.278. The van der Waals surface area contributed by atoms with E-state index in [1.807, 2.05) is 69.6 Å². The van der Waals surface area contributed by atoms with Gasteiger partial charge in [-0.05, 0) is 51.4 Å². The third-order valence-corrected chi connectivity index (χ3v) is 3.06. The lowest BCUT2D eigenvalue weighted by atomic mass is 10.1. The SMILES string of the molecule is Cc1cccc(C=Cc2ccccc2OCCN(C)C)n1.Cl. The van der Waals surface area contributed by atoms with Gasteiger partial charge in [-0.25, -0.2) is 0 Å². The molecule has 2 rings (SSSR count). The summed E-state index contributed by atoms with van der Waals surface area (Å²) in [7, 11) is 4.08. The van der Waals surface area contributed by atoms with Crippen LogP contribution in [0.15, 0.2) is 42.5 Å². The summed E-state index contributed by atoms with van der Waals surface area (Å²) in [6.45, 7) is 3.58. The van der Waals surface area contributed by atoms with Crippen molar-refractivity contribution >= 4 is 24.6 Å². The summed E-state index contributed by atoms with van der Waals surface area (Å²) in [5.74, 6) is 0.906. The van der Waals surface area contributed by atoms with Gasteiger partial charge in [0.1, 0.15) is 12.4 Å². The number of pyridine rings is 1. The topological polar surface area (TPSA) is 25.4 Å². The molecule has 0 N–H and O–H groups in total.